The van der Waals surface area contributed by atoms with Gasteiger partial charge in [-0.15, -0.1) is 0 Å². The van der Waals surface area contributed by atoms with Crippen LogP contribution in [0.4, 0.5) is 5.82 Å². The summed E-state index contributed by atoms with van der Waals surface area (Å²) in [5, 5.41) is 11.6. The highest BCUT2D eigenvalue weighted by Gasteiger charge is 2.19. The molecule has 0 atom stereocenters. The number of carbonyl (C=O) groups excluding carboxylic acids is 1. The van der Waals surface area contributed by atoms with Gasteiger partial charge in [-0.05, 0) is 37.1 Å². The molecule has 0 saturated heterocycles. The Morgan fingerprint density at radius 1 is 1.14 bits per heavy atom. The Kier molecular flexibility index (Phi) is 6.08. The van der Waals surface area contributed by atoms with Crippen LogP contribution in [0.3, 0.4) is 0 Å². The molecule has 2 aromatic heterocycles. The van der Waals surface area contributed by atoms with E-state index in [1.165, 1.54) is 16.8 Å². The third-order valence-electron chi connectivity index (χ3n) is 4.41. The second-order valence-corrected chi connectivity index (χ2v) is 7.44. The normalized spacial score (nSPS) is 10.9. The maximum atomic E-state index is 12.8. The van der Waals surface area contributed by atoms with Crippen LogP contribution in [-0.4, -0.2) is 25.5 Å². The zero-order valence-electron chi connectivity index (χ0n) is 16.1. The van der Waals surface area contributed by atoms with E-state index in [1.807, 2.05) is 38.1 Å². The van der Waals surface area contributed by atoms with Crippen molar-refractivity contribution < 1.29 is 4.79 Å². The SMILES string of the molecule is CCCCn1nc(C(=O)Nc2c(-c3ccc(Br)cc3)c(C)nn2C)ccc1=O. The summed E-state index contributed by atoms with van der Waals surface area (Å²) in [6.45, 7) is 4.43. The van der Waals surface area contributed by atoms with Crippen molar-refractivity contribution in [3.05, 3.63) is 62.6 Å². The molecule has 146 valence electrons. The fourth-order valence-electron chi connectivity index (χ4n) is 2.97. The Labute approximate surface area is 171 Å². The number of anilines is 1. The van der Waals surface area contributed by atoms with Crippen molar-refractivity contribution in [3.63, 3.8) is 0 Å². The van der Waals surface area contributed by atoms with Gasteiger partial charge in [-0.3, -0.25) is 14.3 Å². The van der Waals surface area contributed by atoms with Crippen molar-refractivity contribution in [2.45, 2.75) is 33.2 Å². The Balaban J connectivity index is 1.93. The first-order valence-corrected chi connectivity index (χ1v) is 9.89. The summed E-state index contributed by atoms with van der Waals surface area (Å²) in [5.74, 6) is 0.199. The number of aryl methyl sites for hydroxylation is 3. The molecule has 3 aromatic rings. The average Bonchev–Trinajstić information content (AvgIpc) is 2.95. The van der Waals surface area contributed by atoms with Gasteiger partial charge in [0.15, 0.2) is 0 Å². The highest BCUT2D eigenvalue weighted by molar-refractivity contribution is 9.10. The molecule has 0 saturated carbocycles. The van der Waals surface area contributed by atoms with Crippen LogP contribution in [-0.2, 0) is 13.6 Å². The third kappa shape index (κ3) is 4.22. The maximum absolute atomic E-state index is 12.8. The molecule has 0 aliphatic carbocycles. The number of rotatable bonds is 6. The molecule has 0 spiro atoms. The fourth-order valence-corrected chi connectivity index (χ4v) is 3.24. The van der Waals surface area contributed by atoms with Crippen LogP contribution >= 0.6 is 15.9 Å². The highest BCUT2D eigenvalue weighted by atomic mass is 79.9. The highest BCUT2D eigenvalue weighted by Crippen LogP contribution is 2.32. The van der Waals surface area contributed by atoms with E-state index in [4.69, 9.17) is 0 Å². The molecule has 3 rings (SSSR count). The van der Waals surface area contributed by atoms with Gasteiger partial charge in [0.1, 0.15) is 11.5 Å². The van der Waals surface area contributed by atoms with E-state index in [-0.39, 0.29) is 17.2 Å². The van der Waals surface area contributed by atoms with Crippen LogP contribution in [0.2, 0.25) is 0 Å². The Morgan fingerprint density at radius 3 is 2.54 bits per heavy atom. The molecule has 1 amide bonds. The number of nitrogens with zero attached hydrogens (tertiary/aromatic N) is 4. The summed E-state index contributed by atoms with van der Waals surface area (Å²) in [5.41, 5.74) is 2.59. The molecule has 0 bridgehead atoms. The minimum Gasteiger partial charge on any atom is -0.305 e. The van der Waals surface area contributed by atoms with Gasteiger partial charge in [-0.2, -0.15) is 10.2 Å². The standard InChI is InChI=1S/C20H22BrN5O2/c1-4-5-12-26-17(27)11-10-16(24-26)20(28)22-19-18(13(2)23-25(19)3)14-6-8-15(21)9-7-14/h6-11H,4-5,12H2,1-3H3,(H,22,28). The van der Waals surface area contributed by atoms with Crippen LogP contribution in [0.5, 0.6) is 0 Å². The number of halogens is 1. The molecule has 0 aliphatic heterocycles. The largest absolute Gasteiger partial charge is 0.305 e. The minimum absolute atomic E-state index is 0.191. The van der Waals surface area contributed by atoms with Crippen LogP contribution < -0.4 is 10.9 Å². The Bertz CT molecular complexity index is 1050. The summed E-state index contributed by atoms with van der Waals surface area (Å²) < 4.78 is 3.95. The van der Waals surface area contributed by atoms with E-state index in [9.17, 15) is 9.59 Å². The topological polar surface area (TPSA) is 81.8 Å². The smallest absolute Gasteiger partial charge is 0.277 e. The number of amides is 1. The summed E-state index contributed by atoms with van der Waals surface area (Å²) in [6, 6.07) is 10.6. The van der Waals surface area contributed by atoms with E-state index < -0.39 is 0 Å². The zero-order chi connectivity index (χ0) is 20.3. The lowest BCUT2D eigenvalue weighted by Gasteiger charge is -2.10. The van der Waals surface area contributed by atoms with Gasteiger partial charge in [-0.25, -0.2) is 4.68 Å². The molecule has 28 heavy (non-hydrogen) atoms. The fraction of sp³-hybridized carbons (Fsp3) is 0.300. The van der Waals surface area contributed by atoms with Gasteiger partial charge in [0.2, 0.25) is 0 Å². The molecular formula is C20H22BrN5O2. The summed E-state index contributed by atoms with van der Waals surface area (Å²) >= 11 is 3.43. The molecule has 8 heteroatoms. The number of hydrogen-bond donors (Lipinski definition) is 1. The lowest BCUT2D eigenvalue weighted by molar-refractivity contribution is 0.101. The van der Waals surface area contributed by atoms with Crippen molar-refractivity contribution in [1.82, 2.24) is 19.6 Å². The van der Waals surface area contributed by atoms with Gasteiger partial charge in [0.25, 0.3) is 11.5 Å². The van der Waals surface area contributed by atoms with E-state index in [0.29, 0.717) is 12.4 Å². The lowest BCUT2D eigenvalue weighted by Crippen LogP contribution is -2.26. The molecule has 7 nitrogen and oxygen atoms in total. The minimum atomic E-state index is -0.383. The van der Waals surface area contributed by atoms with E-state index in [1.54, 1.807) is 11.7 Å². The predicted molar refractivity (Wildman–Crippen MR) is 112 cm³/mol. The molecule has 2 heterocycles. The van der Waals surface area contributed by atoms with Crippen molar-refractivity contribution in [1.29, 1.82) is 0 Å². The Hall–Kier alpha value is -2.74. The first-order valence-electron chi connectivity index (χ1n) is 9.09. The summed E-state index contributed by atoms with van der Waals surface area (Å²) in [4.78, 5) is 24.7. The molecule has 0 aliphatic rings. The van der Waals surface area contributed by atoms with Crippen molar-refractivity contribution in [3.8, 4) is 11.1 Å². The summed E-state index contributed by atoms with van der Waals surface area (Å²) in [6.07, 6.45) is 1.77. The van der Waals surface area contributed by atoms with Crippen molar-refractivity contribution in [2.24, 2.45) is 7.05 Å². The molecular weight excluding hydrogens is 422 g/mol. The van der Waals surface area contributed by atoms with E-state index in [0.717, 1.165) is 34.1 Å². The summed E-state index contributed by atoms with van der Waals surface area (Å²) in [7, 11) is 1.78. The lowest BCUT2D eigenvalue weighted by atomic mass is 10.1. The average molecular weight is 444 g/mol. The van der Waals surface area contributed by atoms with Gasteiger partial charge >= 0.3 is 0 Å². The zero-order valence-corrected chi connectivity index (χ0v) is 17.7. The number of carbonyl (C=O) groups is 1. The molecule has 0 radical (unpaired) electrons. The number of hydrogen-bond acceptors (Lipinski definition) is 4. The quantitative estimate of drug-likeness (QED) is 0.628. The first kappa shape index (κ1) is 20.0. The molecule has 1 aromatic carbocycles. The number of nitrogens with one attached hydrogen (secondary N) is 1. The van der Waals surface area contributed by atoms with Crippen LogP contribution in [0.1, 0.15) is 35.9 Å². The molecule has 1 N–H and O–H groups in total. The van der Waals surface area contributed by atoms with Gasteiger partial charge in [0.05, 0.1) is 5.69 Å². The van der Waals surface area contributed by atoms with Gasteiger partial charge in [-0.1, -0.05) is 41.4 Å². The first-order chi connectivity index (χ1) is 13.4. The number of benzene rings is 1. The van der Waals surface area contributed by atoms with Gasteiger partial charge < -0.3 is 5.32 Å². The van der Waals surface area contributed by atoms with Crippen LogP contribution in [0.25, 0.3) is 11.1 Å². The second-order valence-electron chi connectivity index (χ2n) is 6.53. The second kappa shape index (κ2) is 8.52. The van der Waals surface area contributed by atoms with Crippen LogP contribution in [0, 0.1) is 6.92 Å². The molecule has 0 unspecified atom stereocenters. The number of unbranched alkanes of at least 4 members (excludes halogenated alkanes) is 1. The van der Waals surface area contributed by atoms with Crippen molar-refractivity contribution >= 4 is 27.7 Å². The predicted octanol–water partition coefficient (Wildman–Crippen LogP) is 3.77. The van der Waals surface area contributed by atoms with E-state index in [2.05, 4.69) is 31.4 Å². The van der Waals surface area contributed by atoms with Crippen molar-refractivity contribution in [2.75, 3.05) is 5.32 Å². The van der Waals surface area contributed by atoms with Crippen LogP contribution in [0.15, 0.2) is 45.7 Å². The Morgan fingerprint density at radius 2 is 1.86 bits per heavy atom. The monoisotopic (exact) mass is 443 g/mol. The third-order valence-corrected chi connectivity index (χ3v) is 4.94. The van der Waals surface area contributed by atoms with Gasteiger partial charge in [0, 0.05) is 29.7 Å². The maximum Gasteiger partial charge on any atom is 0.277 e. The molecule has 0 fully saturated rings. The van der Waals surface area contributed by atoms with E-state index >= 15 is 0 Å². The number of aromatic nitrogens is 4.